The number of nitriles is 2. The fourth-order valence-electron chi connectivity index (χ4n) is 1.40. The highest BCUT2D eigenvalue weighted by Crippen LogP contribution is 2.25. The van der Waals surface area contributed by atoms with Gasteiger partial charge in [-0.15, -0.1) is 0 Å². The summed E-state index contributed by atoms with van der Waals surface area (Å²) in [4.78, 5) is 17.7. The van der Waals surface area contributed by atoms with E-state index in [1.165, 1.54) is 17.0 Å². The van der Waals surface area contributed by atoms with E-state index in [1.807, 2.05) is 6.07 Å². The minimum atomic E-state index is -0.582. The normalized spacial score (nSPS) is 9.63. The number of hydrogen-bond acceptors (Lipinski definition) is 6. The van der Waals surface area contributed by atoms with Crippen LogP contribution in [0.15, 0.2) is 23.1 Å². The molecule has 0 aliphatic rings. The number of nitro groups is 1. The molecule has 0 saturated heterocycles. The van der Waals surface area contributed by atoms with E-state index in [9.17, 15) is 10.1 Å². The average molecular weight is 319 g/mol. The summed E-state index contributed by atoms with van der Waals surface area (Å²) >= 11 is 3.14. The van der Waals surface area contributed by atoms with Crippen molar-refractivity contribution >= 4 is 21.6 Å². The number of imidazole rings is 1. The van der Waals surface area contributed by atoms with Gasteiger partial charge in [0, 0.05) is 6.07 Å². The molecule has 2 rings (SSSR count). The number of nitrogens with zero attached hydrogens (tertiary/aromatic N) is 6. The third kappa shape index (κ3) is 2.14. The number of pyridine rings is 1. The summed E-state index contributed by atoms with van der Waals surface area (Å²) in [6.45, 7) is 0. The molecule has 2 aromatic rings. The van der Waals surface area contributed by atoms with E-state index in [0.29, 0.717) is 4.47 Å². The van der Waals surface area contributed by atoms with Crippen LogP contribution in [0, 0.1) is 32.8 Å². The lowest BCUT2D eigenvalue weighted by molar-refractivity contribution is -0.385. The van der Waals surface area contributed by atoms with Crippen LogP contribution in [0.1, 0.15) is 11.4 Å². The smallest absolute Gasteiger partial charge is 0.272 e. The maximum atomic E-state index is 10.6. The molecular weight excluding hydrogens is 316 g/mol. The lowest BCUT2D eigenvalue weighted by Gasteiger charge is -2.04. The first-order chi connectivity index (χ1) is 9.08. The van der Waals surface area contributed by atoms with Crippen molar-refractivity contribution in [3.63, 3.8) is 0 Å². The molecule has 9 heteroatoms. The van der Waals surface area contributed by atoms with E-state index in [0.717, 1.165) is 6.20 Å². The molecule has 0 fully saturated rings. The molecule has 92 valence electrons. The zero-order chi connectivity index (χ0) is 14.0. The SMILES string of the molecule is N#Cc1ncn(-c2ncc([N+](=O)[O-])cc2Br)c1C#N. The molecule has 0 atom stereocenters. The summed E-state index contributed by atoms with van der Waals surface area (Å²) < 4.78 is 1.60. The number of hydrogen-bond donors (Lipinski definition) is 0. The Hall–Kier alpha value is -2.78. The Morgan fingerprint density at radius 1 is 1.37 bits per heavy atom. The molecule has 0 aromatic carbocycles. The Balaban J connectivity index is 2.61. The van der Waals surface area contributed by atoms with Crippen LogP contribution in [-0.2, 0) is 0 Å². The van der Waals surface area contributed by atoms with Crippen molar-refractivity contribution in [2.45, 2.75) is 0 Å². The maximum absolute atomic E-state index is 10.6. The molecule has 0 aliphatic carbocycles. The summed E-state index contributed by atoms with van der Waals surface area (Å²) in [5.74, 6) is 0.246. The van der Waals surface area contributed by atoms with Gasteiger partial charge in [0.05, 0.1) is 9.40 Å². The summed E-state index contributed by atoms with van der Waals surface area (Å²) in [5, 5.41) is 28.4. The van der Waals surface area contributed by atoms with E-state index >= 15 is 0 Å². The van der Waals surface area contributed by atoms with Gasteiger partial charge in [-0.3, -0.25) is 14.7 Å². The van der Waals surface area contributed by atoms with Crippen molar-refractivity contribution in [2.24, 2.45) is 0 Å². The third-order valence-electron chi connectivity index (χ3n) is 2.23. The van der Waals surface area contributed by atoms with E-state index in [2.05, 4.69) is 25.9 Å². The van der Waals surface area contributed by atoms with Crippen molar-refractivity contribution in [2.75, 3.05) is 0 Å². The first kappa shape index (κ1) is 12.7. The molecule has 19 heavy (non-hydrogen) atoms. The zero-order valence-electron chi connectivity index (χ0n) is 9.11. The van der Waals surface area contributed by atoms with Crippen LogP contribution in [-0.4, -0.2) is 19.5 Å². The molecule has 0 spiro atoms. The summed E-state index contributed by atoms with van der Waals surface area (Å²) in [5.41, 5.74) is -0.200. The van der Waals surface area contributed by atoms with E-state index in [4.69, 9.17) is 10.5 Å². The second-order valence-corrected chi connectivity index (χ2v) is 4.15. The number of rotatable bonds is 2. The van der Waals surface area contributed by atoms with Crippen molar-refractivity contribution in [1.82, 2.24) is 14.5 Å². The molecule has 0 radical (unpaired) electrons. The second-order valence-electron chi connectivity index (χ2n) is 3.29. The van der Waals surface area contributed by atoms with Crippen LogP contribution < -0.4 is 0 Å². The first-order valence-electron chi connectivity index (χ1n) is 4.76. The molecule has 0 saturated carbocycles. The Bertz CT molecular complexity index is 754. The van der Waals surface area contributed by atoms with E-state index < -0.39 is 4.92 Å². The van der Waals surface area contributed by atoms with E-state index in [1.54, 1.807) is 6.07 Å². The minimum Gasteiger partial charge on any atom is -0.272 e. The van der Waals surface area contributed by atoms with Crippen molar-refractivity contribution < 1.29 is 4.92 Å². The number of aromatic nitrogens is 3. The molecule has 0 N–H and O–H groups in total. The van der Waals surface area contributed by atoms with Gasteiger partial charge in [0.15, 0.2) is 17.2 Å². The molecule has 8 nitrogen and oxygen atoms in total. The van der Waals surface area contributed by atoms with Crippen LogP contribution in [0.2, 0.25) is 0 Å². The van der Waals surface area contributed by atoms with Gasteiger partial charge in [-0.05, 0) is 15.9 Å². The van der Waals surface area contributed by atoms with Gasteiger partial charge in [0.2, 0.25) is 0 Å². The lowest BCUT2D eigenvalue weighted by Crippen LogP contribution is -2.01. The largest absolute Gasteiger partial charge is 0.288 e. The van der Waals surface area contributed by atoms with Crippen LogP contribution in [0.25, 0.3) is 5.82 Å². The fourth-order valence-corrected chi connectivity index (χ4v) is 1.92. The zero-order valence-corrected chi connectivity index (χ0v) is 10.7. The highest BCUT2D eigenvalue weighted by atomic mass is 79.9. The predicted octanol–water partition coefficient (Wildman–Crippen LogP) is 1.68. The summed E-state index contributed by atoms with van der Waals surface area (Å²) in [6, 6.07) is 4.88. The highest BCUT2D eigenvalue weighted by molar-refractivity contribution is 9.10. The lowest BCUT2D eigenvalue weighted by atomic mass is 10.3. The van der Waals surface area contributed by atoms with Gasteiger partial charge in [-0.2, -0.15) is 10.5 Å². The Kier molecular flexibility index (Phi) is 3.23. The molecule has 0 aliphatic heterocycles. The maximum Gasteiger partial charge on any atom is 0.288 e. The van der Waals surface area contributed by atoms with Crippen molar-refractivity contribution in [3.05, 3.63) is 44.6 Å². The van der Waals surface area contributed by atoms with Crippen LogP contribution >= 0.6 is 15.9 Å². The van der Waals surface area contributed by atoms with Gasteiger partial charge in [-0.25, -0.2) is 9.97 Å². The molecule has 2 aromatic heterocycles. The van der Waals surface area contributed by atoms with E-state index in [-0.39, 0.29) is 22.9 Å². The molecule has 0 amide bonds. The predicted molar refractivity (Wildman–Crippen MR) is 65.1 cm³/mol. The summed E-state index contributed by atoms with van der Waals surface area (Å²) in [7, 11) is 0. The topological polar surface area (TPSA) is 121 Å². The molecule has 2 heterocycles. The Labute approximate surface area is 114 Å². The van der Waals surface area contributed by atoms with Crippen molar-refractivity contribution in [1.29, 1.82) is 10.5 Å². The Morgan fingerprint density at radius 3 is 2.63 bits per heavy atom. The first-order valence-corrected chi connectivity index (χ1v) is 5.55. The Morgan fingerprint density at radius 2 is 2.11 bits per heavy atom. The summed E-state index contributed by atoms with van der Waals surface area (Å²) in [6.07, 6.45) is 2.32. The minimum absolute atomic E-state index is 0.0181. The van der Waals surface area contributed by atoms with Crippen molar-refractivity contribution in [3.8, 4) is 18.0 Å². The highest BCUT2D eigenvalue weighted by Gasteiger charge is 2.17. The fraction of sp³-hybridized carbons (Fsp3) is 0. The van der Waals surface area contributed by atoms with Gasteiger partial charge >= 0.3 is 0 Å². The van der Waals surface area contributed by atoms with Gasteiger partial charge in [0.25, 0.3) is 5.69 Å². The average Bonchev–Trinajstić information content (AvgIpc) is 2.80. The standard InChI is InChI=1S/C10H3BrN6O2/c11-7-1-6(17(18)19)4-14-10(7)16-5-15-8(2-12)9(16)3-13/h1,4-5H. The van der Waals surface area contributed by atoms with Crippen LogP contribution in [0.4, 0.5) is 5.69 Å². The van der Waals surface area contributed by atoms with Crippen LogP contribution in [0.5, 0.6) is 0 Å². The number of halogens is 1. The second kappa shape index (κ2) is 4.84. The molecule has 0 unspecified atom stereocenters. The monoisotopic (exact) mass is 318 g/mol. The van der Waals surface area contributed by atoms with Gasteiger partial charge in [0.1, 0.15) is 24.7 Å². The van der Waals surface area contributed by atoms with Gasteiger partial charge < -0.3 is 0 Å². The van der Waals surface area contributed by atoms with Gasteiger partial charge in [-0.1, -0.05) is 0 Å². The van der Waals surface area contributed by atoms with Crippen LogP contribution in [0.3, 0.4) is 0 Å². The third-order valence-corrected chi connectivity index (χ3v) is 2.81. The molecular formula is C10H3BrN6O2. The quantitative estimate of drug-likeness (QED) is 0.613. The molecule has 0 bridgehead atoms.